The van der Waals surface area contributed by atoms with Crippen molar-refractivity contribution in [1.29, 1.82) is 0 Å². The van der Waals surface area contributed by atoms with E-state index in [1.807, 2.05) is 11.9 Å². The van der Waals surface area contributed by atoms with Gasteiger partial charge in [0.15, 0.2) is 11.6 Å². The maximum Gasteiger partial charge on any atom is 0.387 e. The van der Waals surface area contributed by atoms with Crippen LogP contribution in [0.15, 0.2) is 11.0 Å². The number of hydrogen-bond donors (Lipinski definition) is 2. The van der Waals surface area contributed by atoms with E-state index in [0.29, 0.717) is 26.2 Å². The Morgan fingerprint density at radius 2 is 1.93 bits per heavy atom. The number of carbonyl (C=O) groups is 1. The number of anilines is 2. The zero-order valence-corrected chi connectivity index (χ0v) is 15.9. The summed E-state index contributed by atoms with van der Waals surface area (Å²) in [4.78, 5) is 27.6. The third kappa shape index (κ3) is 3.57. The first kappa shape index (κ1) is 20.8. The van der Waals surface area contributed by atoms with Crippen LogP contribution in [0.4, 0.5) is 24.5 Å². The van der Waals surface area contributed by atoms with E-state index in [9.17, 15) is 23.5 Å². The lowest BCUT2D eigenvalue weighted by Crippen LogP contribution is -2.45. The number of aromatic nitrogens is 1. The molecular weight excluding hydrogens is 393 g/mol. The van der Waals surface area contributed by atoms with Crippen molar-refractivity contribution >= 4 is 28.2 Å². The largest absolute Gasteiger partial charge is 0.477 e. The second-order valence-electron chi connectivity index (χ2n) is 6.76. The summed E-state index contributed by atoms with van der Waals surface area (Å²) in [7, 11) is 1.88. The summed E-state index contributed by atoms with van der Waals surface area (Å²) in [5, 5.41) is 8.80. The highest BCUT2D eigenvalue weighted by molar-refractivity contribution is 6.03. The number of alkyl halides is 2. The average molecular weight is 414 g/mol. The van der Waals surface area contributed by atoms with Gasteiger partial charge in [-0.25, -0.2) is 9.18 Å². The smallest absolute Gasteiger partial charge is 0.387 e. The molecule has 0 atom stereocenters. The van der Waals surface area contributed by atoms with Gasteiger partial charge in [-0.1, -0.05) is 0 Å². The molecule has 2 aromatic rings. The molecule has 29 heavy (non-hydrogen) atoms. The van der Waals surface area contributed by atoms with E-state index in [0.717, 1.165) is 6.20 Å². The van der Waals surface area contributed by atoms with Gasteiger partial charge in [-0.3, -0.25) is 4.79 Å². The number of nitrogens with two attached hydrogens (primary N) is 1. The molecule has 2 heterocycles. The van der Waals surface area contributed by atoms with Crippen molar-refractivity contribution in [3.8, 4) is 5.75 Å². The Kier molecular flexibility index (Phi) is 5.60. The zero-order chi connectivity index (χ0) is 21.5. The van der Waals surface area contributed by atoms with Crippen molar-refractivity contribution in [2.24, 2.45) is 0 Å². The molecule has 158 valence electrons. The first-order chi connectivity index (χ1) is 13.7. The lowest BCUT2D eigenvalue weighted by atomic mass is 10.1. The van der Waals surface area contributed by atoms with Crippen LogP contribution in [0.2, 0.25) is 0 Å². The van der Waals surface area contributed by atoms with E-state index in [2.05, 4.69) is 4.74 Å². The molecule has 3 N–H and O–H groups in total. The van der Waals surface area contributed by atoms with Gasteiger partial charge < -0.3 is 29.9 Å². The SMILES string of the molecule is CCn1cc(C(=O)O)c(=O)c2c(N)c(F)c(N3CCN(C)CC3)c(OC(F)F)c21. The van der Waals surface area contributed by atoms with E-state index >= 15 is 4.39 Å². The Hall–Kier alpha value is -2.95. The Morgan fingerprint density at radius 1 is 1.31 bits per heavy atom. The number of nitrogens with zero attached hydrogens (tertiary/aromatic N) is 3. The molecule has 1 aliphatic heterocycles. The molecule has 1 aromatic carbocycles. The van der Waals surface area contributed by atoms with E-state index in [1.165, 1.54) is 4.57 Å². The molecule has 1 aromatic heterocycles. The second kappa shape index (κ2) is 7.82. The second-order valence-corrected chi connectivity index (χ2v) is 6.76. The zero-order valence-electron chi connectivity index (χ0n) is 15.9. The topological polar surface area (TPSA) is 101 Å². The van der Waals surface area contributed by atoms with E-state index in [-0.39, 0.29) is 17.7 Å². The molecule has 8 nitrogen and oxygen atoms in total. The van der Waals surface area contributed by atoms with Crippen LogP contribution in [0.3, 0.4) is 0 Å². The molecule has 0 spiro atoms. The van der Waals surface area contributed by atoms with Crippen LogP contribution in [0.25, 0.3) is 10.9 Å². The van der Waals surface area contributed by atoms with Gasteiger partial charge in [-0.2, -0.15) is 8.78 Å². The Bertz CT molecular complexity index is 1020. The maximum absolute atomic E-state index is 15.3. The number of pyridine rings is 1. The number of carboxylic acids is 1. The number of piperazine rings is 1. The number of rotatable bonds is 5. The molecule has 0 unspecified atom stereocenters. The van der Waals surface area contributed by atoms with Gasteiger partial charge in [0.2, 0.25) is 5.43 Å². The molecule has 0 amide bonds. The van der Waals surface area contributed by atoms with Crippen molar-refractivity contribution in [2.75, 3.05) is 43.9 Å². The number of likely N-dealkylation sites (N-methyl/N-ethyl adjacent to an activating group) is 1. The number of hydrogen-bond acceptors (Lipinski definition) is 6. The van der Waals surface area contributed by atoms with Crippen LogP contribution in [-0.2, 0) is 6.54 Å². The van der Waals surface area contributed by atoms with Gasteiger partial charge in [-0.05, 0) is 14.0 Å². The van der Waals surface area contributed by atoms with Crippen molar-refractivity contribution in [2.45, 2.75) is 20.1 Å². The van der Waals surface area contributed by atoms with Gasteiger partial charge >= 0.3 is 12.6 Å². The number of aryl methyl sites for hydroxylation is 1. The third-order valence-electron chi connectivity index (χ3n) is 5.02. The Balaban J connectivity index is 2.43. The number of benzene rings is 1. The summed E-state index contributed by atoms with van der Waals surface area (Å²) >= 11 is 0. The molecule has 1 aliphatic rings. The minimum absolute atomic E-state index is 0.115. The first-order valence-electron chi connectivity index (χ1n) is 8.97. The summed E-state index contributed by atoms with van der Waals surface area (Å²) in [5.74, 6) is -3.14. The van der Waals surface area contributed by atoms with Crippen molar-refractivity contribution in [3.63, 3.8) is 0 Å². The Morgan fingerprint density at radius 3 is 2.45 bits per heavy atom. The van der Waals surface area contributed by atoms with E-state index in [4.69, 9.17) is 5.73 Å². The highest BCUT2D eigenvalue weighted by Gasteiger charge is 2.31. The molecule has 11 heteroatoms. The number of nitrogen functional groups attached to an aromatic ring is 1. The number of carboxylic acid groups (broad SMARTS) is 1. The minimum atomic E-state index is -3.29. The first-order valence-corrected chi connectivity index (χ1v) is 8.97. The summed E-state index contributed by atoms with van der Waals surface area (Å²) in [6.07, 6.45) is 1.02. The van der Waals surface area contributed by atoms with Crippen molar-refractivity contribution in [3.05, 3.63) is 27.8 Å². The lowest BCUT2D eigenvalue weighted by Gasteiger charge is -2.35. The highest BCUT2D eigenvalue weighted by atomic mass is 19.3. The van der Waals surface area contributed by atoms with Crippen LogP contribution in [0.1, 0.15) is 17.3 Å². The van der Waals surface area contributed by atoms with Gasteiger partial charge in [0.25, 0.3) is 0 Å². The number of fused-ring (bicyclic) bond motifs is 1. The molecule has 1 saturated heterocycles. The molecule has 0 radical (unpaired) electrons. The molecule has 0 aliphatic carbocycles. The molecule has 0 bridgehead atoms. The van der Waals surface area contributed by atoms with E-state index < -0.39 is 46.2 Å². The number of halogens is 3. The van der Waals surface area contributed by atoms with Gasteiger partial charge in [0.05, 0.1) is 16.6 Å². The highest BCUT2D eigenvalue weighted by Crippen LogP contribution is 2.43. The predicted octanol–water partition coefficient (Wildman–Crippen LogP) is 1.79. The number of aromatic carboxylic acids is 1. The predicted molar refractivity (Wildman–Crippen MR) is 102 cm³/mol. The summed E-state index contributed by atoms with van der Waals surface area (Å²) < 4.78 is 47.7. The lowest BCUT2D eigenvalue weighted by molar-refractivity contribution is -0.0488. The number of ether oxygens (including phenoxy) is 1. The monoisotopic (exact) mass is 414 g/mol. The standard InChI is InChI=1S/C18H21F3N4O4/c1-3-24-8-9(17(27)28)15(26)10-12(22)11(19)14(16(13(10)24)29-18(20)21)25-6-4-23(2)5-7-25/h8,18H,3-7,22H2,1-2H3,(H,27,28). The van der Waals surface area contributed by atoms with Gasteiger partial charge in [0, 0.05) is 38.9 Å². The fourth-order valence-corrected chi connectivity index (χ4v) is 3.52. The van der Waals surface area contributed by atoms with E-state index in [1.54, 1.807) is 11.8 Å². The minimum Gasteiger partial charge on any atom is -0.477 e. The van der Waals surface area contributed by atoms with Crippen LogP contribution in [0.5, 0.6) is 5.75 Å². The van der Waals surface area contributed by atoms with Gasteiger partial charge in [0.1, 0.15) is 11.3 Å². The average Bonchev–Trinajstić information content (AvgIpc) is 2.66. The van der Waals surface area contributed by atoms with Crippen molar-refractivity contribution in [1.82, 2.24) is 9.47 Å². The Labute approximate surface area is 163 Å². The molecule has 3 rings (SSSR count). The van der Waals surface area contributed by atoms with Crippen LogP contribution in [-0.4, -0.2) is 60.4 Å². The molecule has 0 saturated carbocycles. The normalized spacial score (nSPS) is 15.3. The summed E-state index contributed by atoms with van der Waals surface area (Å²) in [6.45, 7) is 0.240. The van der Waals surface area contributed by atoms with Crippen molar-refractivity contribution < 1.29 is 27.8 Å². The maximum atomic E-state index is 15.3. The van der Waals surface area contributed by atoms with Gasteiger partial charge in [-0.15, -0.1) is 0 Å². The van der Waals surface area contributed by atoms with Crippen LogP contribution < -0.4 is 20.8 Å². The fraction of sp³-hybridized carbons (Fsp3) is 0.444. The summed E-state index contributed by atoms with van der Waals surface area (Å²) in [5.41, 5.74) is 3.18. The quantitative estimate of drug-likeness (QED) is 0.720. The fourth-order valence-electron chi connectivity index (χ4n) is 3.52. The molecular formula is C18H21F3N4O4. The summed E-state index contributed by atoms with van der Waals surface area (Å²) in [6, 6.07) is 0. The molecule has 1 fully saturated rings. The van der Waals surface area contributed by atoms with Crippen LogP contribution >= 0.6 is 0 Å². The van der Waals surface area contributed by atoms with Crippen LogP contribution in [0, 0.1) is 5.82 Å². The third-order valence-corrected chi connectivity index (χ3v) is 5.02.